The fraction of sp³-hybridized carbons (Fsp3) is 0.364. The van der Waals surface area contributed by atoms with Gasteiger partial charge in [-0.2, -0.15) is 5.26 Å². The summed E-state index contributed by atoms with van der Waals surface area (Å²) in [5.74, 6) is -1.22. The van der Waals surface area contributed by atoms with Crippen molar-refractivity contribution >= 4 is 5.69 Å². The van der Waals surface area contributed by atoms with Gasteiger partial charge in [-0.1, -0.05) is 0 Å². The van der Waals surface area contributed by atoms with Gasteiger partial charge in [0.05, 0.1) is 17.2 Å². The van der Waals surface area contributed by atoms with Crippen molar-refractivity contribution in [3.05, 3.63) is 29.8 Å². The summed E-state index contributed by atoms with van der Waals surface area (Å²) < 4.78 is 25.7. The lowest BCUT2D eigenvalue weighted by Crippen LogP contribution is -2.14. The molecule has 1 fully saturated rings. The maximum absolute atomic E-state index is 13.2. The number of nitriles is 1. The average Bonchev–Trinajstić information content (AvgIpc) is 2.97. The van der Waals surface area contributed by atoms with Gasteiger partial charge in [0.25, 0.3) is 0 Å². The van der Waals surface area contributed by atoms with Gasteiger partial charge in [0.2, 0.25) is 0 Å². The van der Waals surface area contributed by atoms with E-state index >= 15 is 0 Å². The molecular weight excluding hydrogens is 198 g/mol. The average molecular weight is 208 g/mol. The number of anilines is 1. The van der Waals surface area contributed by atoms with Crippen LogP contribution >= 0.6 is 0 Å². The van der Waals surface area contributed by atoms with Gasteiger partial charge >= 0.3 is 0 Å². The predicted molar refractivity (Wildman–Crippen MR) is 52.1 cm³/mol. The van der Waals surface area contributed by atoms with E-state index in [9.17, 15) is 8.78 Å². The largest absolute Gasteiger partial charge is 0.381 e. The number of nitrogens with one attached hydrogen (secondary N) is 1. The molecule has 0 bridgehead atoms. The predicted octanol–water partition coefficient (Wildman–Crippen LogP) is 2.68. The van der Waals surface area contributed by atoms with E-state index in [1.165, 1.54) is 12.1 Å². The van der Waals surface area contributed by atoms with E-state index in [1.54, 1.807) is 0 Å². The van der Waals surface area contributed by atoms with E-state index in [4.69, 9.17) is 5.26 Å². The third kappa shape index (κ3) is 2.07. The summed E-state index contributed by atoms with van der Waals surface area (Å²) in [5, 5.41) is 11.6. The van der Waals surface area contributed by atoms with Crippen LogP contribution in [0, 0.1) is 28.4 Å². The van der Waals surface area contributed by atoms with E-state index in [2.05, 4.69) is 11.4 Å². The molecule has 1 aromatic carbocycles. The molecule has 78 valence electrons. The van der Waals surface area contributed by atoms with Crippen molar-refractivity contribution in [2.75, 3.05) is 11.9 Å². The molecule has 0 unspecified atom stereocenters. The monoisotopic (exact) mass is 208 g/mol. The van der Waals surface area contributed by atoms with Gasteiger partial charge in [-0.3, -0.25) is 0 Å². The Morgan fingerprint density at radius 3 is 2.67 bits per heavy atom. The summed E-state index contributed by atoms with van der Waals surface area (Å²) in [6.45, 7) is 0.423. The number of halogens is 2. The first-order chi connectivity index (χ1) is 7.15. The van der Waals surface area contributed by atoms with E-state index in [0.29, 0.717) is 6.54 Å². The summed E-state index contributed by atoms with van der Waals surface area (Å²) >= 11 is 0. The highest BCUT2D eigenvalue weighted by Gasteiger charge is 2.42. The number of rotatable bonds is 3. The fourth-order valence-corrected chi connectivity index (χ4v) is 1.38. The summed E-state index contributed by atoms with van der Waals surface area (Å²) in [6, 6.07) is 5.56. The van der Waals surface area contributed by atoms with E-state index in [0.717, 1.165) is 18.9 Å². The fourth-order valence-electron chi connectivity index (χ4n) is 1.38. The highest BCUT2D eigenvalue weighted by Crippen LogP contribution is 2.44. The first-order valence-electron chi connectivity index (χ1n) is 4.75. The first kappa shape index (κ1) is 9.91. The minimum absolute atomic E-state index is 0.248. The Kier molecular flexibility index (Phi) is 2.31. The lowest BCUT2D eigenvalue weighted by molar-refractivity contribution is 0.583. The van der Waals surface area contributed by atoms with Gasteiger partial charge in [0.1, 0.15) is 11.6 Å². The Morgan fingerprint density at radius 2 is 2.13 bits per heavy atom. The van der Waals surface area contributed by atoms with Crippen LogP contribution in [0.3, 0.4) is 0 Å². The zero-order valence-electron chi connectivity index (χ0n) is 8.06. The molecule has 1 aromatic rings. The molecule has 0 saturated heterocycles. The smallest absolute Gasteiger partial charge is 0.149 e. The van der Waals surface area contributed by atoms with E-state index < -0.39 is 11.6 Å². The van der Waals surface area contributed by atoms with Crippen LogP contribution in [0.4, 0.5) is 14.5 Å². The van der Waals surface area contributed by atoms with Crippen LogP contribution in [-0.2, 0) is 0 Å². The molecule has 0 spiro atoms. The minimum atomic E-state index is -0.622. The minimum Gasteiger partial charge on any atom is -0.381 e. The number of hydrogen-bond donors (Lipinski definition) is 1. The van der Waals surface area contributed by atoms with Crippen LogP contribution in [0.15, 0.2) is 18.2 Å². The van der Waals surface area contributed by atoms with Crippen molar-refractivity contribution in [2.24, 2.45) is 5.41 Å². The lowest BCUT2D eigenvalue weighted by atomic mass is 10.1. The zero-order chi connectivity index (χ0) is 10.9. The molecule has 2 rings (SSSR count). The SMILES string of the molecule is N#CC1(CNc2ccc(F)cc2F)CC1. The second-order valence-corrected chi connectivity index (χ2v) is 3.87. The molecule has 0 atom stereocenters. The van der Waals surface area contributed by atoms with Gasteiger partial charge in [-0.05, 0) is 25.0 Å². The Hall–Kier alpha value is -1.63. The number of benzene rings is 1. The summed E-state index contributed by atoms with van der Waals surface area (Å²) in [7, 11) is 0. The molecule has 1 saturated carbocycles. The molecule has 15 heavy (non-hydrogen) atoms. The molecular formula is C11H10F2N2. The van der Waals surface area contributed by atoms with Crippen LogP contribution in [0.1, 0.15) is 12.8 Å². The molecule has 1 N–H and O–H groups in total. The Bertz CT molecular complexity index is 419. The van der Waals surface area contributed by atoms with Crippen molar-refractivity contribution in [2.45, 2.75) is 12.8 Å². The highest BCUT2D eigenvalue weighted by molar-refractivity contribution is 5.45. The number of nitrogens with zero attached hydrogens (tertiary/aromatic N) is 1. The molecule has 0 heterocycles. The summed E-state index contributed by atoms with van der Waals surface area (Å²) in [5.41, 5.74) is -0.0844. The Labute approximate surface area is 86.5 Å². The van der Waals surface area contributed by atoms with Crippen LogP contribution in [-0.4, -0.2) is 6.54 Å². The van der Waals surface area contributed by atoms with Crippen LogP contribution in [0.5, 0.6) is 0 Å². The second kappa shape index (κ2) is 3.50. The molecule has 1 aliphatic rings. The van der Waals surface area contributed by atoms with Crippen molar-refractivity contribution in [1.29, 1.82) is 5.26 Å². The Morgan fingerprint density at radius 1 is 1.40 bits per heavy atom. The second-order valence-electron chi connectivity index (χ2n) is 3.87. The highest BCUT2D eigenvalue weighted by atomic mass is 19.1. The quantitative estimate of drug-likeness (QED) is 0.828. The molecule has 0 amide bonds. The molecule has 2 nitrogen and oxygen atoms in total. The summed E-state index contributed by atoms with van der Waals surface area (Å²) in [4.78, 5) is 0. The maximum atomic E-state index is 13.2. The van der Waals surface area contributed by atoms with E-state index in [-0.39, 0.29) is 11.1 Å². The van der Waals surface area contributed by atoms with Gasteiger partial charge in [0.15, 0.2) is 0 Å². The maximum Gasteiger partial charge on any atom is 0.149 e. The number of hydrogen-bond acceptors (Lipinski definition) is 2. The molecule has 4 heteroatoms. The van der Waals surface area contributed by atoms with Crippen LogP contribution in [0.2, 0.25) is 0 Å². The lowest BCUT2D eigenvalue weighted by Gasteiger charge is -2.10. The Balaban J connectivity index is 2.03. The van der Waals surface area contributed by atoms with Crippen molar-refractivity contribution < 1.29 is 8.78 Å². The van der Waals surface area contributed by atoms with Gasteiger partial charge in [0, 0.05) is 12.6 Å². The van der Waals surface area contributed by atoms with Crippen molar-refractivity contribution in [3.63, 3.8) is 0 Å². The van der Waals surface area contributed by atoms with Crippen LogP contribution in [0.25, 0.3) is 0 Å². The van der Waals surface area contributed by atoms with E-state index in [1.807, 2.05) is 0 Å². The molecule has 0 radical (unpaired) electrons. The van der Waals surface area contributed by atoms with Crippen molar-refractivity contribution in [1.82, 2.24) is 0 Å². The van der Waals surface area contributed by atoms with Gasteiger partial charge in [-0.15, -0.1) is 0 Å². The normalized spacial score (nSPS) is 16.9. The molecule has 0 aliphatic heterocycles. The third-order valence-corrected chi connectivity index (χ3v) is 2.64. The summed E-state index contributed by atoms with van der Waals surface area (Å²) in [6.07, 6.45) is 1.69. The topological polar surface area (TPSA) is 35.8 Å². The van der Waals surface area contributed by atoms with Gasteiger partial charge < -0.3 is 5.32 Å². The molecule has 1 aliphatic carbocycles. The first-order valence-corrected chi connectivity index (χ1v) is 4.75. The molecule has 0 aromatic heterocycles. The van der Waals surface area contributed by atoms with Crippen LogP contribution < -0.4 is 5.32 Å². The standard InChI is InChI=1S/C11H10F2N2/c12-8-1-2-10(9(13)5-8)15-7-11(6-14)3-4-11/h1-2,5,15H,3-4,7H2. The third-order valence-electron chi connectivity index (χ3n) is 2.64. The van der Waals surface area contributed by atoms with Crippen molar-refractivity contribution in [3.8, 4) is 6.07 Å². The zero-order valence-corrected chi connectivity index (χ0v) is 8.06. The van der Waals surface area contributed by atoms with Gasteiger partial charge in [-0.25, -0.2) is 8.78 Å².